The van der Waals surface area contributed by atoms with E-state index in [9.17, 15) is 10.1 Å². The molecule has 0 fully saturated rings. The normalized spacial score (nSPS) is 9.90. The molecule has 6 nitrogen and oxygen atoms in total. The third-order valence-corrected chi connectivity index (χ3v) is 2.98. The maximum atomic E-state index is 11.0. The van der Waals surface area contributed by atoms with E-state index in [1.54, 1.807) is 6.07 Å². The molecule has 0 aliphatic rings. The van der Waals surface area contributed by atoms with E-state index in [4.69, 9.17) is 10.4 Å². The Morgan fingerprint density at radius 1 is 1.24 bits per heavy atom. The second kappa shape index (κ2) is 6.50. The molecule has 0 aliphatic heterocycles. The summed E-state index contributed by atoms with van der Waals surface area (Å²) in [6.45, 7) is 0.339. The lowest BCUT2D eigenvalue weighted by atomic mass is 10.1. The van der Waals surface area contributed by atoms with Crippen LogP contribution in [-0.4, -0.2) is 10.0 Å². The molecular formula is C15H13N3O3. The van der Waals surface area contributed by atoms with Gasteiger partial charge in [-0.15, -0.1) is 0 Å². The molecule has 0 spiro atoms. The van der Waals surface area contributed by atoms with E-state index in [1.165, 1.54) is 18.2 Å². The van der Waals surface area contributed by atoms with Crippen LogP contribution in [0.25, 0.3) is 0 Å². The van der Waals surface area contributed by atoms with Gasteiger partial charge in [0.1, 0.15) is 5.69 Å². The Kier molecular flexibility index (Phi) is 4.49. The molecule has 0 amide bonds. The van der Waals surface area contributed by atoms with Gasteiger partial charge in [0.15, 0.2) is 0 Å². The molecule has 0 heterocycles. The number of nitrogens with zero attached hydrogens (tertiary/aromatic N) is 2. The Morgan fingerprint density at radius 3 is 2.67 bits per heavy atom. The highest BCUT2D eigenvalue weighted by Gasteiger charge is 2.14. The minimum absolute atomic E-state index is 0.0507. The van der Waals surface area contributed by atoms with Gasteiger partial charge >= 0.3 is 0 Å². The smallest absolute Gasteiger partial charge is 0.293 e. The molecule has 0 unspecified atom stereocenters. The van der Waals surface area contributed by atoms with Gasteiger partial charge in [0.2, 0.25) is 0 Å². The van der Waals surface area contributed by atoms with Crippen molar-refractivity contribution in [3.63, 3.8) is 0 Å². The highest BCUT2D eigenvalue weighted by atomic mass is 16.6. The number of hydrogen-bond donors (Lipinski definition) is 2. The molecular weight excluding hydrogens is 270 g/mol. The Morgan fingerprint density at radius 2 is 2.00 bits per heavy atom. The molecule has 0 saturated carbocycles. The first-order valence-electron chi connectivity index (χ1n) is 6.25. The van der Waals surface area contributed by atoms with Gasteiger partial charge < -0.3 is 10.4 Å². The Hall–Kier alpha value is -2.91. The summed E-state index contributed by atoms with van der Waals surface area (Å²) >= 11 is 0. The number of hydrogen-bond acceptors (Lipinski definition) is 5. The minimum atomic E-state index is -0.521. The van der Waals surface area contributed by atoms with Crippen molar-refractivity contribution in [3.8, 4) is 6.07 Å². The van der Waals surface area contributed by atoms with Gasteiger partial charge in [-0.2, -0.15) is 5.26 Å². The summed E-state index contributed by atoms with van der Waals surface area (Å²) < 4.78 is 0. The average Bonchev–Trinajstić information content (AvgIpc) is 2.52. The highest BCUT2D eigenvalue weighted by Crippen LogP contribution is 2.25. The third kappa shape index (κ3) is 3.55. The molecule has 0 atom stereocenters. The van der Waals surface area contributed by atoms with Crippen LogP contribution < -0.4 is 5.32 Å². The number of anilines is 1. The topological polar surface area (TPSA) is 99.2 Å². The molecule has 2 N–H and O–H groups in total. The number of nitrogens with one attached hydrogen (secondary N) is 1. The molecule has 0 saturated heterocycles. The second-order valence-corrected chi connectivity index (χ2v) is 4.43. The maximum absolute atomic E-state index is 11.0. The fourth-order valence-corrected chi connectivity index (χ4v) is 1.94. The van der Waals surface area contributed by atoms with Crippen LogP contribution in [0.2, 0.25) is 0 Å². The number of nitriles is 1. The van der Waals surface area contributed by atoms with E-state index < -0.39 is 4.92 Å². The molecule has 2 rings (SSSR count). The zero-order valence-electron chi connectivity index (χ0n) is 11.1. The third-order valence-electron chi connectivity index (χ3n) is 2.98. The molecule has 0 radical (unpaired) electrons. The van der Waals surface area contributed by atoms with Gasteiger partial charge in [-0.25, -0.2) is 0 Å². The first-order chi connectivity index (χ1) is 10.1. The van der Waals surface area contributed by atoms with Gasteiger partial charge in [0, 0.05) is 12.6 Å². The average molecular weight is 283 g/mol. The van der Waals surface area contributed by atoms with Gasteiger partial charge in [0.25, 0.3) is 5.69 Å². The van der Waals surface area contributed by atoms with Crippen molar-refractivity contribution in [2.24, 2.45) is 0 Å². The fourth-order valence-electron chi connectivity index (χ4n) is 1.94. The van der Waals surface area contributed by atoms with Gasteiger partial charge in [0.05, 0.1) is 23.2 Å². The van der Waals surface area contributed by atoms with E-state index in [1.807, 2.05) is 24.3 Å². The first-order valence-corrected chi connectivity index (χ1v) is 6.25. The molecule has 0 aliphatic carbocycles. The van der Waals surface area contributed by atoms with Crippen LogP contribution >= 0.6 is 0 Å². The lowest BCUT2D eigenvalue weighted by Crippen LogP contribution is -2.03. The zero-order valence-corrected chi connectivity index (χ0v) is 11.1. The summed E-state index contributed by atoms with van der Waals surface area (Å²) in [6.07, 6.45) is 0. The van der Waals surface area contributed by atoms with Crippen molar-refractivity contribution < 1.29 is 10.0 Å². The van der Waals surface area contributed by atoms with Crippen LogP contribution in [0.3, 0.4) is 0 Å². The number of rotatable bonds is 5. The van der Waals surface area contributed by atoms with Gasteiger partial charge in [-0.05, 0) is 23.3 Å². The van der Waals surface area contributed by atoms with E-state index in [2.05, 4.69) is 5.32 Å². The predicted octanol–water partition coefficient (Wildman–Crippen LogP) is 2.57. The SMILES string of the molecule is N#Cc1ccc(NCc2cccc(CO)c2)c([N+](=O)[O-])c1. The van der Waals surface area contributed by atoms with Crippen molar-refractivity contribution in [1.82, 2.24) is 0 Å². The highest BCUT2D eigenvalue weighted by molar-refractivity contribution is 5.64. The van der Waals surface area contributed by atoms with E-state index >= 15 is 0 Å². The van der Waals surface area contributed by atoms with Crippen LogP contribution in [0.5, 0.6) is 0 Å². The first kappa shape index (κ1) is 14.5. The summed E-state index contributed by atoms with van der Waals surface area (Å²) in [6, 6.07) is 13.5. The predicted molar refractivity (Wildman–Crippen MR) is 77.5 cm³/mol. The van der Waals surface area contributed by atoms with Crippen LogP contribution in [0, 0.1) is 21.4 Å². The lowest BCUT2D eigenvalue weighted by molar-refractivity contribution is -0.384. The summed E-state index contributed by atoms with van der Waals surface area (Å²) in [5, 5.41) is 31.9. The lowest BCUT2D eigenvalue weighted by Gasteiger charge is -2.08. The van der Waals surface area contributed by atoms with Crippen LogP contribution in [0.1, 0.15) is 16.7 Å². The molecule has 21 heavy (non-hydrogen) atoms. The van der Waals surface area contributed by atoms with Crippen molar-refractivity contribution in [1.29, 1.82) is 5.26 Å². The van der Waals surface area contributed by atoms with Crippen LogP contribution in [0.4, 0.5) is 11.4 Å². The number of aliphatic hydroxyl groups is 1. The van der Waals surface area contributed by atoms with Crippen LogP contribution in [-0.2, 0) is 13.2 Å². The summed E-state index contributed by atoms with van der Waals surface area (Å²) in [5.41, 5.74) is 2.15. The number of aliphatic hydroxyl groups excluding tert-OH is 1. The van der Waals surface area contributed by atoms with Gasteiger partial charge in [-0.1, -0.05) is 24.3 Å². The molecule has 2 aromatic rings. The fraction of sp³-hybridized carbons (Fsp3) is 0.133. The molecule has 0 bridgehead atoms. The summed E-state index contributed by atoms with van der Waals surface area (Å²) in [4.78, 5) is 10.5. The quantitative estimate of drug-likeness (QED) is 0.649. The van der Waals surface area contributed by atoms with Crippen molar-refractivity contribution in [2.45, 2.75) is 13.2 Å². The Bertz CT molecular complexity index is 708. The van der Waals surface area contributed by atoms with E-state index in [-0.39, 0.29) is 17.9 Å². The van der Waals surface area contributed by atoms with Gasteiger partial charge in [-0.3, -0.25) is 10.1 Å². The Labute approximate surface area is 121 Å². The van der Waals surface area contributed by atoms with E-state index in [0.717, 1.165) is 11.1 Å². The molecule has 6 heteroatoms. The number of nitro groups is 1. The van der Waals surface area contributed by atoms with E-state index in [0.29, 0.717) is 12.2 Å². The largest absolute Gasteiger partial charge is 0.392 e. The maximum Gasteiger partial charge on any atom is 0.293 e. The van der Waals surface area contributed by atoms with Crippen molar-refractivity contribution in [3.05, 3.63) is 69.3 Å². The number of nitro benzene ring substituents is 1. The standard InChI is InChI=1S/C15H13N3O3/c16-8-11-4-5-14(15(7-11)18(20)21)17-9-12-2-1-3-13(6-12)10-19/h1-7,17,19H,9-10H2. The Balaban J connectivity index is 2.19. The molecule has 106 valence electrons. The summed E-state index contributed by atoms with van der Waals surface area (Å²) in [5.74, 6) is 0. The molecule has 0 aromatic heterocycles. The second-order valence-electron chi connectivity index (χ2n) is 4.43. The number of benzene rings is 2. The molecule has 2 aromatic carbocycles. The summed E-state index contributed by atoms with van der Waals surface area (Å²) in [7, 11) is 0. The van der Waals surface area contributed by atoms with Crippen molar-refractivity contribution >= 4 is 11.4 Å². The monoisotopic (exact) mass is 283 g/mol. The minimum Gasteiger partial charge on any atom is -0.392 e. The van der Waals surface area contributed by atoms with Crippen LogP contribution in [0.15, 0.2) is 42.5 Å². The van der Waals surface area contributed by atoms with Crippen molar-refractivity contribution in [2.75, 3.05) is 5.32 Å². The zero-order chi connectivity index (χ0) is 15.2.